The zero-order valence-corrected chi connectivity index (χ0v) is 22.9. The van der Waals surface area contributed by atoms with Gasteiger partial charge in [0.25, 0.3) is 0 Å². The van der Waals surface area contributed by atoms with Crippen LogP contribution in [0.2, 0.25) is 0 Å². The van der Waals surface area contributed by atoms with Crippen molar-refractivity contribution in [1.29, 1.82) is 0 Å². The summed E-state index contributed by atoms with van der Waals surface area (Å²) < 4.78 is 5.43. The first-order chi connectivity index (χ1) is 17.5. The third-order valence-corrected chi connectivity index (χ3v) is 5.99. The summed E-state index contributed by atoms with van der Waals surface area (Å²) >= 11 is 0. The fraction of sp³-hybridized carbons (Fsp3) is 0.433. The maximum absolute atomic E-state index is 14.0. The summed E-state index contributed by atoms with van der Waals surface area (Å²) in [6.07, 6.45) is 1.56. The van der Waals surface area contributed by atoms with E-state index >= 15 is 0 Å². The van der Waals surface area contributed by atoms with Gasteiger partial charge in [-0.1, -0.05) is 86.5 Å². The predicted molar refractivity (Wildman–Crippen MR) is 147 cm³/mol. The lowest BCUT2D eigenvalue weighted by molar-refractivity contribution is -0.142. The molecule has 0 aliphatic heterocycles. The highest BCUT2D eigenvalue weighted by Crippen LogP contribution is 2.25. The highest BCUT2D eigenvalue weighted by molar-refractivity contribution is 5.92. The molecule has 2 N–H and O–H groups in total. The summed E-state index contributed by atoms with van der Waals surface area (Å²) in [6.45, 7) is 15.3. The van der Waals surface area contributed by atoms with Crippen LogP contribution in [0.15, 0.2) is 67.3 Å². The predicted octanol–water partition coefficient (Wildman–Crippen LogP) is 5.31. The summed E-state index contributed by atoms with van der Waals surface area (Å²) in [5, 5.41) is 5.74. The van der Waals surface area contributed by atoms with Gasteiger partial charge in [-0.15, -0.1) is 6.58 Å². The van der Waals surface area contributed by atoms with Gasteiger partial charge in [0.15, 0.2) is 0 Å². The number of ether oxygens (including phenoxy) is 1. The lowest BCUT2D eigenvalue weighted by Gasteiger charge is -2.35. The number of hydrogen-bond acceptors (Lipinski definition) is 4. The number of hydrogen-bond donors (Lipinski definition) is 2. The Morgan fingerprint density at radius 3 is 2.32 bits per heavy atom. The molecule has 3 atom stereocenters. The topological polar surface area (TPSA) is 87.7 Å². The van der Waals surface area contributed by atoms with E-state index in [2.05, 4.69) is 17.2 Å². The molecule has 2 rings (SSSR count). The Hall–Kier alpha value is -3.61. The summed E-state index contributed by atoms with van der Waals surface area (Å²) in [7, 11) is 0. The Labute approximate surface area is 221 Å². The van der Waals surface area contributed by atoms with Crippen LogP contribution in [0.1, 0.15) is 63.8 Å². The quantitative estimate of drug-likeness (QED) is 0.404. The fourth-order valence-corrected chi connectivity index (χ4v) is 3.95. The van der Waals surface area contributed by atoms with Crippen LogP contribution >= 0.6 is 0 Å². The van der Waals surface area contributed by atoms with E-state index in [9.17, 15) is 14.4 Å². The normalized spacial score (nSPS) is 13.6. The van der Waals surface area contributed by atoms with Crippen molar-refractivity contribution in [3.63, 3.8) is 0 Å². The monoisotopic (exact) mass is 507 g/mol. The van der Waals surface area contributed by atoms with Crippen LogP contribution in [0.5, 0.6) is 0 Å². The number of carbonyl (C=O) groups excluding carboxylic acids is 3. The first kappa shape index (κ1) is 29.6. The van der Waals surface area contributed by atoms with Gasteiger partial charge in [0.2, 0.25) is 11.8 Å². The average molecular weight is 508 g/mol. The highest BCUT2D eigenvalue weighted by Gasteiger charge is 2.37. The number of nitrogens with zero attached hydrogens (tertiary/aromatic N) is 1. The van der Waals surface area contributed by atoms with Gasteiger partial charge in [-0.25, -0.2) is 4.79 Å². The molecule has 0 bridgehead atoms. The average Bonchev–Trinajstić information content (AvgIpc) is 2.84. The van der Waals surface area contributed by atoms with Gasteiger partial charge in [0.05, 0.1) is 0 Å². The van der Waals surface area contributed by atoms with Gasteiger partial charge in [-0.2, -0.15) is 0 Å². The van der Waals surface area contributed by atoms with Crippen LogP contribution in [0.25, 0.3) is 0 Å². The third kappa shape index (κ3) is 9.08. The van der Waals surface area contributed by atoms with E-state index in [1.54, 1.807) is 26.8 Å². The van der Waals surface area contributed by atoms with Crippen molar-refractivity contribution in [2.75, 3.05) is 6.54 Å². The number of carbonyl (C=O) groups is 3. The molecule has 2 aromatic rings. The van der Waals surface area contributed by atoms with E-state index < -0.39 is 23.8 Å². The second-order valence-corrected chi connectivity index (χ2v) is 10.3. The van der Waals surface area contributed by atoms with Crippen LogP contribution in [-0.2, 0) is 20.9 Å². The van der Waals surface area contributed by atoms with Crippen molar-refractivity contribution in [1.82, 2.24) is 15.5 Å². The number of alkyl carbamates (subject to hydrolysis) is 1. The molecule has 200 valence electrons. The van der Waals surface area contributed by atoms with Crippen molar-refractivity contribution in [2.45, 2.75) is 72.2 Å². The smallest absolute Gasteiger partial charge is 0.408 e. The molecule has 0 radical (unpaired) electrons. The standard InChI is InChI=1S/C30H41N3O4/c1-8-18-33(28(35)25(22(4)9-2)32-29(36)37-30(5,6)7)26(24-17-13-14-21(3)19-24)27(34)31-20-23-15-11-10-12-16-23/h8,10-17,19,22,25-26H,1,9,18,20H2,2-7H3,(H,31,34)(H,32,36). The van der Waals surface area contributed by atoms with Gasteiger partial charge in [0.1, 0.15) is 17.7 Å². The number of benzene rings is 2. The molecule has 0 aliphatic carbocycles. The van der Waals surface area contributed by atoms with E-state index in [-0.39, 0.29) is 24.3 Å². The highest BCUT2D eigenvalue weighted by atomic mass is 16.6. The first-order valence-corrected chi connectivity index (χ1v) is 12.8. The van der Waals surface area contributed by atoms with Crippen molar-refractivity contribution >= 4 is 17.9 Å². The van der Waals surface area contributed by atoms with E-state index in [0.29, 0.717) is 18.5 Å². The minimum atomic E-state index is -0.916. The van der Waals surface area contributed by atoms with Gasteiger partial charge < -0.3 is 20.3 Å². The van der Waals surface area contributed by atoms with Gasteiger partial charge in [0, 0.05) is 13.1 Å². The number of nitrogens with one attached hydrogen (secondary N) is 2. The van der Waals surface area contributed by atoms with Crippen molar-refractivity contribution < 1.29 is 19.1 Å². The molecule has 0 fully saturated rings. The molecule has 0 saturated carbocycles. The fourth-order valence-electron chi connectivity index (χ4n) is 3.95. The third-order valence-electron chi connectivity index (χ3n) is 5.99. The Morgan fingerprint density at radius 1 is 1.08 bits per heavy atom. The molecule has 2 aromatic carbocycles. The molecule has 0 saturated heterocycles. The molecule has 7 heteroatoms. The van der Waals surface area contributed by atoms with E-state index in [4.69, 9.17) is 4.74 Å². The second-order valence-electron chi connectivity index (χ2n) is 10.3. The second kappa shape index (κ2) is 13.6. The Morgan fingerprint density at radius 2 is 1.76 bits per heavy atom. The van der Waals surface area contributed by atoms with Crippen LogP contribution in [-0.4, -0.2) is 41.0 Å². The van der Waals surface area contributed by atoms with Crippen molar-refractivity contribution in [3.8, 4) is 0 Å². The lowest BCUT2D eigenvalue weighted by Crippen LogP contribution is -2.55. The Kier molecular flexibility index (Phi) is 10.9. The molecule has 37 heavy (non-hydrogen) atoms. The first-order valence-electron chi connectivity index (χ1n) is 12.8. The van der Waals surface area contributed by atoms with Crippen molar-refractivity contribution in [3.05, 3.63) is 83.9 Å². The van der Waals surface area contributed by atoms with E-state index in [1.165, 1.54) is 4.90 Å². The zero-order chi connectivity index (χ0) is 27.6. The molecule has 0 spiro atoms. The van der Waals surface area contributed by atoms with Gasteiger partial charge in [-0.3, -0.25) is 9.59 Å². The Balaban J connectivity index is 2.45. The molecule has 0 heterocycles. The van der Waals surface area contributed by atoms with E-state index in [1.807, 2.05) is 75.4 Å². The molecule has 7 nitrogen and oxygen atoms in total. The summed E-state index contributed by atoms with van der Waals surface area (Å²) in [5.74, 6) is -0.885. The SMILES string of the molecule is C=CCN(C(=O)C(NC(=O)OC(C)(C)C)C(C)CC)C(C(=O)NCc1ccccc1)c1cccc(C)c1. The maximum Gasteiger partial charge on any atom is 0.408 e. The van der Waals surface area contributed by atoms with Gasteiger partial charge >= 0.3 is 6.09 Å². The molecular formula is C30H41N3O4. The zero-order valence-electron chi connectivity index (χ0n) is 22.9. The van der Waals surface area contributed by atoms with Gasteiger partial charge in [-0.05, 0) is 44.7 Å². The van der Waals surface area contributed by atoms with Crippen LogP contribution in [0, 0.1) is 12.8 Å². The summed E-state index contributed by atoms with van der Waals surface area (Å²) in [6, 6.07) is 15.3. The number of aryl methyl sites for hydroxylation is 1. The molecule has 0 aromatic heterocycles. The molecular weight excluding hydrogens is 466 g/mol. The van der Waals surface area contributed by atoms with Crippen molar-refractivity contribution in [2.24, 2.45) is 5.92 Å². The minimum absolute atomic E-state index is 0.124. The summed E-state index contributed by atoms with van der Waals surface area (Å²) in [4.78, 5) is 41.8. The summed E-state index contributed by atoms with van der Waals surface area (Å²) in [5.41, 5.74) is 1.88. The van der Waals surface area contributed by atoms with Crippen LogP contribution in [0.4, 0.5) is 4.79 Å². The molecule has 3 unspecified atom stereocenters. The maximum atomic E-state index is 14.0. The van der Waals surface area contributed by atoms with E-state index in [0.717, 1.165) is 11.1 Å². The lowest BCUT2D eigenvalue weighted by atomic mass is 9.95. The number of rotatable bonds is 11. The van der Waals surface area contributed by atoms with Crippen LogP contribution < -0.4 is 10.6 Å². The molecule has 3 amide bonds. The Bertz CT molecular complexity index is 1060. The molecule has 0 aliphatic rings. The van der Waals surface area contributed by atoms with Crippen LogP contribution in [0.3, 0.4) is 0 Å². The largest absolute Gasteiger partial charge is 0.444 e. The minimum Gasteiger partial charge on any atom is -0.444 e. The number of amides is 3.